The lowest BCUT2D eigenvalue weighted by Crippen LogP contribution is -2.49. The van der Waals surface area contributed by atoms with Crippen LogP contribution in [-0.4, -0.2) is 78.4 Å². The molecule has 1 fully saturated rings. The Morgan fingerprint density at radius 2 is 1.67 bits per heavy atom. The fraction of sp³-hybridized carbons (Fsp3) is 0.579. The van der Waals surface area contributed by atoms with Crippen LogP contribution in [0.2, 0.25) is 0 Å². The second-order valence-electron chi connectivity index (χ2n) is 6.36. The van der Waals surface area contributed by atoms with Crippen molar-refractivity contribution in [3.8, 4) is 11.5 Å². The first kappa shape index (κ1) is 22.7. The predicted octanol–water partition coefficient (Wildman–Crippen LogP) is 1.78. The van der Waals surface area contributed by atoms with Gasteiger partial charge in [0.15, 0.2) is 0 Å². The number of aliphatic carboxylic acids is 2. The summed E-state index contributed by atoms with van der Waals surface area (Å²) >= 11 is 0. The van der Waals surface area contributed by atoms with E-state index in [2.05, 4.69) is 29.7 Å². The molecule has 1 atom stereocenters. The first-order valence-electron chi connectivity index (χ1n) is 8.95. The molecule has 1 aliphatic rings. The number of carboxylic acids is 2. The van der Waals surface area contributed by atoms with Crippen molar-refractivity contribution in [3.05, 3.63) is 23.8 Å². The number of carboxylic acid groups (broad SMARTS) is 2. The molecule has 1 aliphatic heterocycles. The molecule has 0 aliphatic carbocycles. The third-order valence-electron chi connectivity index (χ3n) is 4.69. The third-order valence-corrected chi connectivity index (χ3v) is 4.69. The van der Waals surface area contributed by atoms with Crippen LogP contribution in [0.25, 0.3) is 0 Å². The lowest BCUT2D eigenvalue weighted by molar-refractivity contribution is -0.159. The summed E-state index contributed by atoms with van der Waals surface area (Å²) in [4.78, 5) is 23.3. The predicted molar refractivity (Wildman–Crippen MR) is 101 cm³/mol. The number of benzene rings is 1. The SMILES string of the molecule is CCC(C)N1CCN(Cc2cc(OC)ccc2OC)CC1.O=C(O)C(=O)O. The van der Waals surface area contributed by atoms with E-state index in [1.165, 1.54) is 12.0 Å². The average molecular weight is 382 g/mol. The number of rotatable bonds is 6. The van der Waals surface area contributed by atoms with Crippen LogP contribution in [0.3, 0.4) is 0 Å². The fourth-order valence-electron chi connectivity index (χ4n) is 2.87. The molecule has 0 amide bonds. The van der Waals surface area contributed by atoms with Gasteiger partial charge in [0.1, 0.15) is 11.5 Å². The lowest BCUT2D eigenvalue weighted by Gasteiger charge is -2.38. The molecule has 1 aromatic rings. The van der Waals surface area contributed by atoms with Gasteiger partial charge in [-0.2, -0.15) is 0 Å². The quantitative estimate of drug-likeness (QED) is 0.718. The highest BCUT2D eigenvalue weighted by atomic mass is 16.5. The number of nitrogens with zero attached hydrogens (tertiary/aromatic N) is 2. The molecule has 8 heteroatoms. The summed E-state index contributed by atoms with van der Waals surface area (Å²) in [7, 11) is 3.43. The second-order valence-corrected chi connectivity index (χ2v) is 6.36. The molecule has 2 N–H and O–H groups in total. The highest BCUT2D eigenvalue weighted by molar-refractivity contribution is 6.27. The zero-order valence-electron chi connectivity index (χ0n) is 16.5. The largest absolute Gasteiger partial charge is 0.497 e. The Bertz CT molecular complexity index is 602. The zero-order valence-corrected chi connectivity index (χ0v) is 16.5. The molecule has 1 aromatic carbocycles. The third kappa shape index (κ3) is 7.44. The summed E-state index contributed by atoms with van der Waals surface area (Å²) < 4.78 is 10.8. The molecular weight excluding hydrogens is 352 g/mol. The van der Waals surface area contributed by atoms with E-state index in [0.29, 0.717) is 6.04 Å². The first-order chi connectivity index (χ1) is 12.8. The van der Waals surface area contributed by atoms with E-state index in [0.717, 1.165) is 44.2 Å². The summed E-state index contributed by atoms with van der Waals surface area (Å²) in [6, 6.07) is 6.71. The molecule has 2 rings (SSSR count). The topological polar surface area (TPSA) is 99.5 Å². The maximum absolute atomic E-state index is 9.10. The van der Waals surface area contributed by atoms with E-state index in [9.17, 15) is 0 Å². The van der Waals surface area contributed by atoms with Crippen LogP contribution >= 0.6 is 0 Å². The van der Waals surface area contributed by atoms with Gasteiger partial charge < -0.3 is 19.7 Å². The minimum atomic E-state index is -1.82. The van der Waals surface area contributed by atoms with Crippen molar-refractivity contribution in [1.29, 1.82) is 0 Å². The van der Waals surface area contributed by atoms with E-state index in [-0.39, 0.29) is 0 Å². The number of hydrogen-bond acceptors (Lipinski definition) is 6. The van der Waals surface area contributed by atoms with Gasteiger partial charge in [-0.25, -0.2) is 9.59 Å². The van der Waals surface area contributed by atoms with Crippen LogP contribution in [0.1, 0.15) is 25.8 Å². The fourth-order valence-corrected chi connectivity index (χ4v) is 2.87. The molecule has 0 saturated carbocycles. The number of piperazine rings is 1. The summed E-state index contributed by atoms with van der Waals surface area (Å²) in [6.45, 7) is 10.0. The average Bonchev–Trinajstić information content (AvgIpc) is 2.68. The standard InChI is InChI=1S/C17H28N2O2.C2H2O4/c1-5-14(2)19-10-8-18(9-11-19)13-15-12-16(20-3)6-7-17(15)21-4;3-1(4)2(5)6/h6-7,12,14H,5,8-11,13H2,1-4H3;(H,3,4)(H,5,6). The van der Waals surface area contributed by atoms with E-state index in [1.54, 1.807) is 14.2 Å². The monoisotopic (exact) mass is 382 g/mol. The van der Waals surface area contributed by atoms with E-state index >= 15 is 0 Å². The number of hydrogen-bond donors (Lipinski definition) is 2. The highest BCUT2D eigenvalue weighted by Gasteiger charge is 2.21. The Kier molecular flexibility index (Phi) is 9.60. The highest BCUT2D eigenvalue weighted by Crippen LogP contribution is 2.25. The molecule has 1 unspecified atom stereocenters. The Balaban J connectivity index is 0.000000527. The van der Waals surface area contributed by atoms with E-state index in [1.807, 2.05) is 12.1 Å². The molecule has 1 heterocycles. The molecule has 0 aromatic heterocycles. The number of methoxy groups -OCH3 is 2. The van der Waals surface area contributed by atoms with Gasteiger partial charge in [-0.05, 0) is 31.5 Å². The molecule has 0 radical (unpaired) electrons. The summed E-state index contributed by atoms with van der Waals surface area (Å²) in [5.41, 5.74) is 1.20. The summed E-state index contributed by atoms with van der Waals surface area (Å²) in [5.74, 6) is -1.81. The first-order valence-corrected chi connectivity index (χ1v) is 8.95. The van der Waals surface area contributed by atoms with Crippen molar-refractivity contribution in [3.63, 3.8) is 0 Å². The van der Waals surface area contributed by atoms with Crippen molar-refractivity contribution >= 4 is 11.9 Å². The lowest BCUT2D eigenvalue weighted by atomic mass is 10.1. The Hall–Kier alpha value is -2.32. The van der Waals surface area contributed by atoms with Gasteiger partial charge in [-0.15, -0.1) is 0 Å². The van der Waals surface area contributed by atoms with Gasteiger partial charge in [0.25, 0.3) is 0 Å². The Morgan fingerprint density at radius 3 is 2.11 bits per heavy atom. The van der Waals surface area contributed by atoms with Crippen molar-refractivity contribution in [2.24, 2.45) is 0 Å². The van der Waals surface area contributed by atoms with Gasteiger partial charge >= 0.3 is 11.9 Å². The van der Waals surface area contributed by atoms with Gasteiger partial charge in [0.2, 0.25) is 0 Å². The van der Waals surface area contributed by atoms with Crippen LogP contribution < -0.4 is 9.47 Å². The van der Waals surface area contributed by atoms with Crippen LogP contribution in [-0.2, 0) is 16.1 Å². The molecule has 27 heavy (non-hydrogen) atoms. The van der Waals surface area contributed by atoms with E-state index < -0.39 is 11.9 Å². The van der Waals surface area contributed by atoms with Gasteiger partial charge in [0.05, 0.1) is 14.2 Å². The molecule has 0 bridgehead atoms. The van der Waals surface area contributed by atoms with Gasteiger partial charge in [-0.1, -0.05) is 6.92 Å². The summed E-state index contributed by atoms with van der Waals surface area (Å²) in [5, 5.41) is 14.8. The van der Waals surface area contributed by atoms with Crippen molar-refractivity contribution in [2.75, 3.05) is 40.4 Å². The number of ether oxygens (including phenoxy) is 2. The van der Waals surface area contributed by atoms with Crippen molar-refractivity contribution < 1.29 is 29.3 Å². The van der Waals surface area contributed by atoms with Gasteiger partial charge in [0, 0.05) is 44.3 Å². The van der Waals surface area contributed by atoms with Crippen LogP contribution in [0.4, 0.5) is 0 Å². The van der Waals surface area contributed by atoms with E-state index in [4.69, 9.17) is 29.3 Å². The van der Waals surface area contributed by atoms with Crippen molar-refractivity contribution in [2.45, 2.75) is 32.9 Å². The maximum Gasteiger partial charge on any atom is 0.414 e. The van der Waals surface area contributed by atoms with Crippen molar-refractivity contribution in [1.82, 2.24) is 9.80 Å². The van der Waals surface area contributed by atoms with Crippen LogP contribution in [0.5, 0.6) is 11.5 Å². The van der Waals surface area contributed by atoms with Gasteiger partial charge in [-0.3, -0.25) is 9.80 Å². The second kappa shape index (κ2) is 11.4. The Morgan fingerprint density at radius 1 is 1.07 bits per heavy atom. The van der Waals surface area contributed by atoms with Crippen LogP contribution in [0.15, 0.2) is 18.2 Å². The number of carbonyl (C=O) groups is 2. The normalized spacial score (nSPS) is 16.0. The molecule has 1 saturated heterocycles. The molecule has 8 nitrogen and oxygen atoms in total. The zero-order chi connectivity index (χ0) is 20.4. The maximum atomic E-state index is 9.10. The smallest absolute Gasteiger partial charge is 0.414 e. The molecule has 152 valence electrons. The Labute approximate surface area is 160 Å². The molecular formula is C19H30N2O6. The summed E-state index contributed by atoms with van der Waals surface area (Å²) in [6.07, 6.45) is 1.23. The van der Waals surface area contributed by atoms with Crippen LogP contribution in [0, 0.1) is 0 Å². The minimum absolute atomic E-state index is 0.693. The minimum Gasteiger partial charge on any atom is -0.497 e. The molecule has 0 spiro atoms.